The van der Waals surface area contributed by atoms with Crippen molar-refractivity contribution in [1.82, 2.24) is 0 Å². The van der Waals surface area contributed by atoms with Crippen LogP contribution in [0.1, 0.15) is 23.0 Å². The molecule has 0 saturated carbocycles. The Bertz CT molecular complexity index is 717. The second kappa shape index (κ2) is 7.23. The minimum Gasteiger partial charge on any atom is -0.497 e. The molecule has 6 nitrogen and oxygen atoms in total. The lowest BCUT2D eigenvalue weighted by molar-refractivity contribution is -1.01. The molecule has 2 aromatic rings. The number of esters is 1. The zero-order valence-corrected chi connectivity index (χ0v) is 14.6. The molecular formula is C18H26N2O4+2. The van der Waals surface area contributed by atoms with Gasteiger partial charge >= 0.3 is 5.97 Å². The summed E-state index contributed by atoms with van der Waals surface area (Å²) in [6.07, 6.45) is 0. The number of piperazine rings is 1. The summed E-state index contributed by atoms with van der Waals surface area (Å²) in [6, 6.07) is 5.54. The second-order valence-corrected chi connectivity index (χ2v) is 6.37. The maximum atomic E-state index is 12.5. The van der Waals surface area contributed by atoms with Gasteiger partial charge in [-0.15, -0.1) is 0 Å². The van der Waals surface area contributed by atoms with Crippen LogP contribution in [-0.4, -0.2) is 52.9 Å². The van der Waals surface area contributed by atoms with Crippen molar-refractivity contribution >= 4 is 16.9 Å². The molecule has 1 aliphatic heterocycles. The molecule has 1 aliphatic rings. The zero-order chi connectivity index (χ0) is 17.1. The standard InChI is InChI=1S/C18H24N2O4/c1-4-23-18(21)17-14-11-13(22-3)5-6-15(14)24-16(17)12-20-9-7-19(2)8-10-20/h5-6,11H,4,7-10,12H2,1-3H3/p+2. The molecule has 3 rings (SSSR count). The number of likely N-dealkylation sites (N-methyl/N-ethyl adjacent to an activating group) is 1. The average Bonchev–Trinajstić information content (AvgIpc) is 2.94. The highest BCUT2D eigenvalue weighted by atomic mass is 16.5. The maximum Gasteiger partial charge on any atom is 0.342 e. The van der Waals surface area contributed by atoms with Gasteiger partial charge in [-0.2, -0.15) is 0 Å². The Hall–Kier alpha value is -2.05. The molecular weight excluding hydrogens is 308 g/mol. The summed E-state index contributed by atoms with van der Waals surface area (Å²) in [5, 5.41) is 0.766. The van der Waals surface area contributed by atoms with Gasteiger partial charge in [-0.3, -0.25) is 0 Å². The minimum absolute atomic E-state index is 0.321. The van der Waals surface area contributed by atoms with Crippen LogP contribution >= 0.6 is 0 Å². The molecule has 24 heavy (non-hydrogen) atoms. The number of fused-ring (bicyclic) bond motifs is 1. The fourth-order valence-corrected chi connectivity index (χ4v) is 3.24. The van der Waals surface area contributed by atoms with E-state index in [2.05, 4.69) is 7.05 Å². The first-order chi connectivity index (χ1) is 11.6. The Balaban J connectivity index is 1.95. The molecule has 0 unspecified atom stereocenters. The summed E-state index contributed by atoms with van der Waals surface area (Å²) in [5.41, 5.74) is 1.25. The first-order valence-electron chi connectivity index (χ1n) is 8.53. The molecule has 0 bridgehead atoms. The van der Waals surface area contributed by atoms with Crippen LogP contribution in [0.25, 0.3) is 11.0 Å². The molecule has 1 aromatic heterocycles. The van der Waals surface area contributed by atoms with Crippen molar-refractivity contribution in [2.75, 3.05) is 46.9 Å². The Morgan fingerprint density at radius 3 is 2.67 bits per heavy atom. The molecule has 2 heterocycles. The molecule has 1 fully saturated rings. The number of methoxy groups -OCH3 is 1. The Kier molecular flexibility index (Phi) is 5.06. The van der Waals surface area contributed by atoms with Crippen molar-refractivity contribution in [1.29, 1.82) is 0 Å². The fourth-order valence-electron chi connectivity index (χ4n) is 3.24. The van der Waals surface area contributed by atoms with Crippen molar-refractivity contribution in [3.8, 4) is 5.75 Å². The van der Waals surface area contributed by atoms with Gasteiger partial charge in [0.05, 0.1) is 20.8 Å². The number of furan rings is 1. The summed E-state index contributed by atoms with van der Waals surface area (Å²) < 4.78 is 16.6. The number of nitrogens with one attached hydrogen (secondary N) is 2. The van der Waals surface area contributed by atoms with E-state index in [0.29, 0.717) is 35.8 Å². The molecule has 0 aliphatic carbocycles. The first-order valence-corrected chi connectivity index (χ1v) is 8.53. The van der Waals surface area contributed by atoms with Gasteiger partial charge in [0.2, 0.25) is 0 Å². The fraction of sp³-hybridized carbons (Fsp3) is 0.500. The third-order valence-electron chi connectivity index (χ3n) is 4.67. The molecule has 6 heteroatoms. The van der Waals surface area contributed by atoms with Gasteiger partial charge in [0.15, 0.2) is 5.76 Å². The summed E-state index contributed by atoms with van der Waals surface area (Å²) in [5.74, 6) is 1.10. The SMILES string of the molecule is CCOC(=O)c1c(C[NH+]2CC[NH+](C)CC2)oc2ccc(OC)cc12. The summed E-state index contributed by atoms with van der Waals surface area (Å²) in [7, 11) is 3.83. The quantitative estimate of drug-likeness (QED) is 0.726. The van der Waals surface area contributed by atoms with Gasteiger partial charge in [0, 0.05) is 5.39 Å². The van der Waals surface area contributed by atoms with Crippen LogP contribution in [0.15, 0.2) is 22.6 Å². The molecule has 0 amide bonds. The summed E-state index contributed by atoms with van der Waals surface area (Å²) in [6.45, 7) is 7.30. The Morgan fingerprint density at radius 2 is 2.00 bits per heavy atom. The lowest BCUT2D eigenvalue weighted by Gasteiger charge is -2.26. The zero-order valence-electron chi connectivity index (χ0n) is 14.6. The topological polar surface area (TPSA) is 57.5 Å². The summed E-state index contributed by atoms with van der Waals surface area (Å²) >= 11 is 0. The molecule has 0 spiro atoms. The minimum atomic E-state index is -0.321. The average molecular weight is 334 g/mol. The summed E-state index contributed by atoms with van der Waals surface area (Å²) in [4.78, 5) is 15.5. The highest BCUT2D eigenvalue weighted by Gasteiger charge is 2.28. The number of rotatable bonds is 5. The third kappa shape index (κ3) is 3.39. The smallest absolute Gasteiger partial charge is 0.342 e. The number of ether oxygens (including phenoxy) is 2. The molecule has 0 radical (unpaired) electrons. The van der Waals surface area contributed by atoms with E-state index in [1.807, 2.05) is 25.1 Å². The van der Waals surface area contributed by atoms with E-state index in [1.165, 1.54) is 4.90 Å². The van der Waals surface area contributed by atoms with Crippen LogP contribution in [-0.2, 0) is 11.3 Å². The van der Waals surface area contributed by atoms with Gasteiger partial charge in [-0.25, -0.2) is 4.79 Å². The largest absolute Gasteiger partial charge is 0.497 e. The maximum absolute atomic E-state index is 12.5. The van der Waals surface area contributed by atoms with Gasteiger partial charge < -0.3 is 23.7 Å². The van der Waals surface area contributed by atoms with E-state index in [4.69, 9.17) is 13.9 Å². The van der Waals surface area contributed by atoms with Crippen LogP contribution in [0.3, 0.4) is 0 Å². The van der Waals surface area contributed by atoms with Gasteiger partial charge in [0.25, 0.3) is 0 Å². The van der Waals surface area contributed by atoms with E-state index in [1.54, 1.807) is 12.0 Å². The van der Waals surface area contributed by atoms with Crippen LogP contribution in [0.5, 0.6) is 5.75 Å². The second-order valence-electron chi connectivity index (χ2n) is 6.37. The van der Waals surface area contributed by atoms with Crippen molar-refractivity contribution in [2.24, 2.45) is 0 Å². The highest BCUT2D eigenvalue weighted by molar-refractivity contribution is 6.04. The monoisotopic (exact) mass is 334 g/mol. The number of benzene rings is 1. The first kappa shape index (κ1) is 16.8. The number of carbonyl (C=O) groups is 1. The Labute approximate surface area is 141 Å². The van der Waals surface area contributed by atoms with Crippen molar-refractivity contribution in [3.05, 3.63) is 29.5 Å². The number of quaternary nitrogens is 2. The van der Waals surface area contributed by atoms with Gasteiger partial charge in [-0.1, -0.05) is 0 Å². The van der Waals surface area contributed by atoms with E-state index >= 15 is 0 Å². The molecule has 1 aromatic carbocycles. The molecule has 130 valence electrons. The lowest BCUT2D eigenvalue weighted by Crippen LogP contribution is -3.26. The molecule has 0 atom stereocenters. The normalized spacial score (nSPS) is 21.0. The van der Waals surface area contributed by atoms with Crippen LogP contribution in [0, 0.1) is 0 Å². The van der Waals surface area contributed by atoms with E-state index in [9.17, 15) is 4.79 Å². The molecule has 2 N–H and O–H groups in total. The third-order valence-corrected chi connectivity index (χ3v) is 4.67. The number of hydrogen-bond donors (Lipinski definition) is 2. The molecule has 1 saturated heterocycles. The highest BCUT2D eigenvalue weighted by Crippen LogP contribution is 2.29. The number of hydrogen-bond acceptors (Lipinski definition) is 4. The van der Waals surface area contributed by atoms with Gasteiger partial charge in [0.1, 0.15) is 49.6 Å². The van der Waals surface area contributed by atoms with Crippen molar-refractivity contribution in [2.45, 2.75) is 13.5 Å². The van der Waals surface area contributed by atoms with Crippen LogP contribution < -0.4 is 14.5 Å². The van der Waals surface area contributed by atoms with E-state index in [0.717, 1.165) is 31.6 Å². The predicted octanol–water partition coefficient (Wildman–Crippen LogP) is -0.469. The number of carbonyl (C=O) groups excluding carboxylic acids is 1. The Morgan fingerprint density at radius 1 is 1.25 bits per heavy atom. The lowest BCUT2D eigenvalue weighted by atomic mass is 10.1. The van der Waals surface area contributed by atoms with E-state index in [-0.39, 0.29) is 5.97 Å². The van der Waals surface area contributed by atoms with Crippen LogP contribution in [0.2, 0.25) is 0 Å². The van der Waals surface area contributed by atoms with Crippen molar-refractivity contribution in [3.63, 3.8) is 0 Å². The van der Waals surface area contributed by atoms with Crippen molar-refractivity contribution < 1.29 is 28.5 Å². The van der Waals surface area contributed by atoms with Crippen LogP contribution in [0.4, 0.5) is 0 Å². The predicted molar refractivity (Wildman–Crippen MR) is 89.7 cm³/mol. The van der Waals surface area contributed by atoms with Gasteiger partial charge in [-0.05, 0) is 25.1 Å². The van der Waals surface area contributed by atoms with E-state index < -0.39 is 0 Å².